The van der Waals surface area contributed by atoms with Gasteiger partial charge >= 0.3 is 0 Å². The Balaban J connectivity index is 1.33. The number of nitrogens with one attached hydrogen (secondary N) is 1. The van der Waals surface area contributed by atoms with E-state index in [4.69, 9.17) is 4.74 Å². The molecule has 2 aliphatic heterocycles. The van der Waals surface area contributed by atoms with Gasteiger partial charge < -0.3 is 15.0 Å². The summed E-state index contributed by atoms with van der Waals surface area (Å²) >= 11 is 0. The molecule has 0 aliphatic carbocycles. The first-order valence-corrected chi connectivity index (χ1v) is 11.0. The van der Waals surface area contributed by atoms with E-state index >= 15 is 0 Å². The molecule has 1 N–H and O–H groups in total. The molecule has 0 radical (unpaired) electrons. The number of likely N-dealkylation sites (N-methyl/N-ethyl adjacent to an activating group) is 1. The van der Waals surface area contributed by atoms with Gasteiger partial charge in [0.1, 0.15) is 11.8 Å². The number of methoxy groups -OCH3 is 1. The average molecular weight is 457 g/mol. The summed E-state index contributed by atoms with van der Waals surface area (Å²) in [5.74, 6) is -0.344. The minimum atomic E-state index is -0.656. The predicted molar refractivity (Wildman–Crippen MR) is 126 cm³/mol. The van der Waals surface area contributed by atoms with Crippen molar-refractivity contribution in [1.29, 1.82) is 0 Å². The number of carbonyl (C=O) groups is 4. The average Bonchev–Trinajstić information content (AvgIpc) is 3.17. The fourth-order valence-corrected chi connectivity index (χ4v) is 4.55. The van der Waals surface area contributed by atoms with Gasteiger partial charge in [-0.3, -0.25) is 24.1 Å². The summed E-state index contributed by atoms with van der Waals surface area (Å²) in [6, 6.07) is 15.5. The number of nitrogens with zero attached hydrogens (tertiary/aromatic N) is 2. The number of imide groups is 1. The van der Waals surface area contributed by atoms with E-state index in [1.807, 2.05) is 30.3 Å². The molecule has 5 rings (SSSR count). The van der Waals surface area contributed by atoms with Crippen molar-refractivity contribution in [2.45, 2.75) is 25.4 Å². The number of hydrogen-bond donors (Lipinski definition) is 1. The second-order valence-corrected chi connectivity index (χ2v) is 8.53. The molecule has 8 heteroatoms. The van der Waals surface area contributed by atoms with E-state index in [2.05, 4.69) is 5.32 Å². The summed E-state index contributed by atoms with van der Waals surface area (Å²) in [7, 11) is 3.06. The maximum atomic E-state index is 12.9. The number of benzene rings is 3. The van der Waals surface area contributed by atoms with Crippen LogP contribution in [0.5, 0.6) is 5.75 Å². The molecular formula is C26H23N3O5. The van der Waals surface area contributed by atoms with Crippen molar-refractivity contribution in [3.8, 4) is 5.75 Å². The molecule has 0 aromatic heterocycles. The van der Waals surface area contributed by atoms with Gasteiger partial charge in [0.05, 0.1) is 7.11 Å². The van der Waals surface area contributed by atoms with Gasteiger partial charge in [-0.15, -0.1) is 0 Å². The third-order valence-corrected chi connectivity index (χ3v) is 6.50. The number of carbonyl (C=O) groups excluding carboxylic acids is 4. The lowest BCUT2D eigenvalue weighted by molar-refractivity contribution is -0.150. The summed E-state index contributed by atoms with van der Waals surface area (Å²) in [6.45, 7) is 0.258. The normalized spacial score (nSPS) is 17.8. The summed E-state index contributed by atoms with van der Waals surface area (Å²) < 4.78 is 5.24. The fraction of sp³-hybridized carbons (Fsp3) is 0.231. The highest BCUT2D eigenvalue weighted by Gasteiger charge is 2.41. The first-order valence-electron chi connectivity index (χ1n) is 11.0. The first kappa shape index (κ1) is 21.6. The van der Waals surface area contributed by atoms with Crippen LogP contribution in [0.3, 0.4) is 0 Å². The van der Waals surface area contributed by atoms with Crippen LogP contribution in [0.1, 0.15) is 39.1 Å². The number of rotatable bonds is 4. The highest BCUT2D eigenvalue weighted by molar-refractivity contribution is 6.08. The summed E-state index contributed by atoms with van der Waals surface area (Å²) in [6.07, 6.45) is 0.548. The summed E-state index contributed by atoms with van der Waals surface area (Å²) in [5, 5.41) is 4.78. The maximum absolute atomic E-state index is 12.9. The van der Waals surface area contributed by atoms with E-state index in [1.54, 1.807) is 31.4 Å². The SMILES string of the molecule is COc1ccc2cc(C(=O)Nc3ccc4c(c3)CN(C3CCC(=O)N(C)C3=O)C4=O)ccc2c1. The molecule has 3 aromatic carbocycles. The Morgan fingerprint density at radius 3 is 2.56 bits per heavy atom. The quantitative estimate of drug-likeness (QED) is 0.607. The molecule has 4 amide bonds. The van der Waals surface area contributed by atoms with Crippen LogP contribution in [-0.2, 0) is 16.1 Å². The van der Waals surface area contributed by atoms with Gasteiger partial charge in [-0.05, 0) is 65.2 Å². The fourth-order valence-electron chi connectivity index (χ4n) is 4.55. The number of piperidine rings is 1. The minimum Gasteiger partial charge on any atom is -0.497 e. The van der Waals surface area contributed by atoms with Gasteiger partial charge in [-0.2, -0.15) is 0 Å². The third kappa shape index (κ3) is 3.67. The van der Waals surface area contributed by atoms with Gasteiger partial charge in [-0.25, -0.2) is 0 Å². The second-order valence-electron chi connectivity index (χ2n) is 8.53. The van der Waals surface area contributed by atoms with Crippen LogP contribution < -0.4 is 10.1 Å². The van der Waals surface area contributed by atoms with Crippen LogP contribution in [0.15, 0.2) is 54.6 Å². The smallest absolute Gasteiger partial charge is 0.255 e. The Hall–Kier alpha value is -4.20. The number of hydrogen-bond acceptors (Lipinski definition) is 5. The molecule has 2 heterocycles. The molecule has 172 valence electrons. The topological polar surface area (TPSA) is 96.0 Å². The van der Waals surface area contributed by atoms with Crippen molar-refractivity contribution < 1.29 is 23.9 Å². The molecule has 1 atom stereocenters. The standard InChI is InChI=1S/C26H23N3O5/c1-28-23(30)10-9-22(26(28)33)29-14-18-12-19(6-8-21(18)25(29)32)27-24(31)17-4-3-16-13-20(34-2)7-5-15(16)11-17/h3-8,11-13,22H,9-10,14H2,1-2H3,(H,27,31). The van der Waals surface area contributed by atoms with Gasteiger partial charge in [0.25, 0.3) is 17.7 Å². The van der Waals surface area contributed by atoms with Crippen LogP contribution in [0.2, 0.25) is 0 Å². The lowest BCUT2D eigenvalue weighted by atomic mass is 10.0. The Labute approximate surface area is 196 Å². The van der Waals surface area contributed by atoms with Crippen molar-refractivity contribution >= 4 is 40.1 Å². The predicted octanol–water partition coefficient (Wildman–Crippen LogP) is 3.20. The van der Waals surface area contributed by atoms with Crippen LogP contribution in [0.4, 0.5) is 5.69 Å². The van der Waals surface area contributed by atoms with Gasteiger partial charge in [0, 0.05) is 36.8 Å². The Morgan fingerprint density at radius 1 is 1.00 bits per heavy atom. The zero-order valence-electron chi connectivity index (χ0n) is 18.8. The highest BCUT2D eigenvalue weighted by Crippen LogP contribution is 2.31. The first-order chi connectivity index (χ1) is 16.4. The summed E-state index contributed by atoms with van der Waals surface area (Å²) in [4.78, 5) is 52.8. The number of amides is 4. The van der Waals surface area contributed by atoms with Crippen LogP contribution in [0, 0.1) is 0 Å². The van der Waals surface area contributed by atoms with Crippen molar-refractivity contribution in [2.75, 3.05) is 19.5 Å². The van der Waals surface area contributed by atoms with Crippen LogP contribution in [-0.4, -0.2) is 53.6 Å². The molecule has 2 aliphatic rings. The summed E-state index contributed by atoms with van der Waals surface area (Å²) in [5.41, 5.74) is 2.32. The lowest BCUT2D eigenvalue weighted by Crippen LogP contribution is -2.53. The molecule has 0 spiro atoms. The molecule has 34 heavy (non-hydrogen) atoms. The molecule has 1 unspecified atom stereocenters. The van der Waals surface area contributed by atoms with Crippen LogP contribution in [0.25, 0.3) is 10.8 Å². The minimum absolute atomic E-state index is 0.229. The second kappa shape index (κ2) is 8.30. The number of fused-ring (bicyclic) bond motifs is 2. The number of anilines is 1. The van der Waals surface area contributed by atoms with Gasteiger partial charge in [-0.1, -0.05) is 12.1 Å². The zero-order valence-corrected chi connectivity index (χ0v) is 18.8. The van der Waals surface area contributed by atoms with Crippen LogP contribution >= 0.6 is 0 Å². The number of ether oxygens (including phenoxy) is 1. The molecular weight excluding hydrogens is 434 g/mol. The molecule has 1 saturated heterocycles. The van der Waals surface area contributed by atoms with E-state index < -0.39 is 6.04 Å². The van der Waals surface area contributed by atoms with Crippen molar-refractivity contribution in [3.63, 3.8) is 0 Å². The molecule has 3 aromatic rings. The van der Waals surface area contributed by atoms with E-state index in [0.29, 0.717) is 23.2 Å². The molecule has 1 fully saturated rings. The van der Waals surface area contributed by atoms with E-state index in [-0.39, 0.29) is 36.6 Å². The van der Waals surface area contributed by atoms with Crippen molar-refractivity contribution in [1.82, 2.24) is 9.80 Å². The largest absolute Gasteiger partial charge is 0.497 e. The molecule has 0 bridgehead atoms. The lowest BCUT2D eigenvalue weighted by Gasteiger charge is -2.33. The Kier molecular flexibility index (Phi) is 5.28. The van der Waals surface area contributed by atoms with E-state index in [1.165, 1.54) is 11.9 Å². The Morgan fingerprint density at radius 2 is 1.76 bits per heavy atom. The van der Waals surface area contributed by atoms with Gasteiger partial charge in [0.2, 0.25) is 5.91 Å². The van der Waals surface area contributed by atoms with Gasteiger partial charge in [0.15, 0.2) is 0 Å². The molecule has 0 saturated carbocycles. The highest BCUT2D eigenvalue weighted by atomic mass is 16.5. The van der Waals surface area contributed by atoms with E-state index in [0.717, 1.165) is 27.0 Å². The van der Waals surface area contributed by atoms with Crippen molar-refractivity contribution in [3.05, 3.63) is 71.3 Å². The third-order valence-electron chi connectivity index (χ3n) is 6.50. The zero-order chi connectivity index (χ0) is 24.0. The maximum Gasteiger partial charge on any atom is 0.255 e. The molecule has 8 nitrogen and oxygen atoms in total. The monoisotopic (exact) mass is 457 g/mol. The Bertz CT molecular complexity index is 1370. The van der Waals surface area contributed by atoms with E-state index in [9.17, 15) is 19.2 Å². The van der Waals surface area contributed by atoms with Crippen molar-refractivity contribution in [2.24, 2.45) is 0 Å². The number of likely N-dealkylation sites (tertiary alicyclic amines) is 1.